The third-order valence-electron chi connectivity index (χ3n) is 4.11. The lowest BCUT2D eigenvalue weighted by Gasteiger charge is -2.11. The van der Waals surface area contributed by atoms with Gasteiger partial charge in [-0.05, 0) is 42.5 Å². The van der Waals surface area contributed by atoms with Gasteiger partial charge in [0, 0.05) is 23.9 Å². The summed E-state index contributed by atoms with van der Waals surface area (Å²) in [6.45, 7) is 0.343. The Labute approximate surface area is 168 Å². The van der Waals surface area contributed by atoms with Crippen LogP contribution < -0.4 is 10.0 Å². The summed E-state index contributed by atoms with van der Waals surface area (Å²) in [6, 6.07) is 18.1. The molecule has 0 unspecified atom stereocenters. The highest BCUT2D eigenvalue weighted by Gasteiger charge is 2.17. The third kappa shape index (κ3) is 4.98. The molecule has 0 saturated heterocycles. The highest BCUT2D eigenvalue weighted by molar-refractivity contribution is 7.92. The van der Waals surface area contributed by atoms with Crippen molar-refractivity contribution in [3.05, 3.63) is 89.7 Å². The molecular formula is C21H19FN2O4S. The Morgan fingerprint density at radius 2 is 1.55 bits per heavy atom. The Morgan fingerprint density at radius 3 is 2.21 bits per heavy atom. The smallest absolute Gasteiger partial charge is 0.261 e. The molecule has 0 aliphatic rings. The summed E-state index contributed by atoms with van der Waals surface area (Å²) < 4.78 is 45.9. The number of carbonyl (C=O) groups is 1. The molecule has 6 nitrogen and oxygen atoms in total. The number of ether oxygens (including phenoxy) is 1. The average molecular weight is 414 g/mol. The summed E-state index contributed by atoms with van der Waals surface area (Å²) >= 11 is 0. The van der Waals surface area contributed by atoms with Gasteiger partial charge in [-0.1, -0.05) is 30.3 Å². The van der Waals surface area contributed by atoms with Crippen molar-refractivity contribution in [2.45, 2.75) is 11.5 Å². The maximum absolute atomic E-state index is 13.7. The fourth-order valence-electron chi connectivity index (χ4n) is 2.65. The van der Waals surface area contributed by atoms with Crippen molar-refractivity contribution in [3.63, 3.8) is 0 Å². The zero-order valence-corrected chi connectivity index (χ0v) is 16.4. The normalized spacial score (nSPS) is 11.1. The van der Waals surface area contributed by atoms with Gasteiger partial charge >= 0.3 is 0 Å². The van der Waals surface area contributed by atoms with E-state index in [1.54, 1.807) is 19.2 Å². The fourth-order valence-corrected chi connectivity index (χ4v) is 3.72. The van der Waals surface area contributed by atoms with Gasteiger partial charge in [-0.25, -0.2) is 12.8 Å². The largest absolute Gasteiger partial charge is 0.380 e. The molecule has 0 heterocycles. The number of nitrogens with one attached hydrogen (secondary N) is 2. The van der Waals surface area contributed by atoms with Gasteiger partial charge in [0.05, 0.1) is 17.2 Å². The number of rotatable bonds is 7. The van der Waals surface area contributed by atoms with E-state index in [4.69, 9.17) is 4.74 Å². The van der Waals surface area contributed by atoms with E-state index in [2.05, 4.69) is 10.0 Å². The Kier molecular flexibility index (Phi) is 6.26. The number of hydrogen-bond acceptors (Lipinski definition) is 4. The number of carbonyl (C=O) groups excluding carboxylic acids is 1. The van der Waals surface area contributed by atoms with Crippen molar-refractivity contribution in [2.24, 2.45) is 0 Å². The van der Waals surface area contributed by atoms with Gasteiger partial charge in [0.2, 0.25) is 0 Å². The zero-order chi connectivity index (χ0) is 20.9. The first-order valence-corrected chi connectivity index (χ1v) is 10.1. The number of amides is 1. The third-order valence-corrected chi connectivity index (χ3v) is 5.49. The van der Waals surface area contributed by atoms with Crippen LogP contribution in [0.3, 0.4) is 0 Å². The first kappa shape index (κ1) is 20.5. The molecule has 0 saturated carbocycles. The minimum Gasteiger partial charge on any atom is -0.380 e. The molecule has 0 aromatic heterocycles. The standard InChI is InChI=1S/C21H19FN2O4S/c1-28-14-16-6-2-4-8-19(16)23-21(25)15-10-12-17(13-11-15)29(26,27)24-20-9-5-3-7-18(20)22/h2-13,24H,14H2,1H3,(H,23,25). The molecule has 3 rings (SSSR count). The molecular weight excluding hydrogens is 395 g/mol. The van der Waals surface area contributed by atoms with Crippen LogP contribution in [0.15, 0.2) is 77.7 Å². The predicted molar refractivity (Wildman–Crippen MR) is 109 cm³/mol. The second-order valence-electron chi connectivity index (χ2n) is 6.15. The Hall–Kier alpha value is -3.23. The van der Waals surface area contributed by atoms with Crippen molar-refractivity contribution >= 4 is 27.3 Å². The van der Waals surface area contributed by atoms with Gasteiger partial charge in [0.15, 0.2) is 0 Å². The zero-order valence-electron chi connectivity index (χ0n) is 15.6. The highest BCUT2D eigenvalue weighted by atomic mass is 32.2. The predicted octanol–water partition coefficient (Wildman–Crippen LogP) is 4.03. The van der Waals surface area contributed by atoms with Crippen LogP contribution in [-0.2, 0) is 21.4 Å². The number of halogens is 1. The van der Waals surface area contributed by atoms with E-state index in [-0.39, 0.29) is 22.1 Å². The Morgan fingerprint density at radius 1 is 0.931 bits per heavy atom. The van der Waals surface area contributed by atoms with Crippen molar-refractivity contribution in [1.29, 1.82) is 0 Å². The molecule has 0 atom stereocenters. The molecule has 3 aromatic rings. The minimum atomic E-state index is -3.99. The van der Waals surface area contributed by atoms with Crippen LogP contribution in [0, 0.1) is 5.82 Å². The summed E-state index contributed by atoms with van der Waals surface area (Å²) in [5.41, 5.74) is 1.56. The molecule has 0 aliphatic heterocycles. The second kappa shape index (κ2) is 8.85. The van der Waals surface area contributed by atoms with Crippen molar-refractivity contribution < 1.29 is 22.3 Å². The summed E-state index contributed by atoms with van der Waals surface area (Å²) in [4.78, 5) is 12.4. The molecule has 3 aromatic carbocycles. The van der Waals surface area contributed by atoms with Crippen LogP contribution >= 0.6 is 0 Å². The van der Waals surface area contributed by atoms with E-state index >= 15 is 0 Å². The monoisotopic (exact) mass is 414 g/mol. The van der Waals surface area contributed by atoms with Crippen molar-refractivity contribution in [2.75, 3.05) is 17.1 Å². The second-order valence-corrected chi connectivity index (χ2v) is 7.84. The van der Waals surface area contributed by atoms with Crippen LogP contribution in [0.5, 0.6) is 0 Å². The van der Waals surface area contributed by atoms with Gasteiger partial charge < -0.3 is 10.1 Å². The molecule has 0 fully saturated rings. The van der Waals surface area contributed by atoms with E-state index in [9.17, 15) is 17.6 Å². The van der Waals surface area contributed by atoms with E-state index in [0.717, 1.165) is 11.6 Å². The van der Waals surface area contributed by atoms with Gasteiger partial charge in [-0.3, -0.25) is 9.52 Å². The number of sulfonamides is 1. The summed E-state index contributed by atoms with van der Waals surface area (Å²) in [5.74, 6) is -1.07. The van der Waals surface area contributed by atoms with Gasteiger partial charge in [0.25, 0.3) is 15.9 Å². The topological polar surface area (TPSA) is 84.5 Å². The van der Waals surface area contributed by atoms with Crippen LogP contribution in [0.4, 0.5) is 15.8 Å². The minimum absolute atomic E-state index is 0.0860. The molecule has 1 amide bonds. The first-order chi connectivity index (χ1) is 13.9. The molecule has 0 aliphatic carbocycles. The van der Waals surface area contributed by atoms with E-state index in [0.29, 0.717) is 12.3 Å². The van der Waals surface area contributed by atoms with E-state index in [1.165, 1.54) is 42.5 Å². The van der Waals surface area contributed by atoms with Gasteiger partial charge in [0.1, 0.15) is 5.82 Å². The number of para-hydroxylation sites is 2. The van der Waals surface area contributed by atoms with E-state index < -0.39 is 15.8 Å². The summed E-state index contributed by atoms with van der Waals surface area (Å²) in [5, 5.41) is 2.78. The summed E-state index contributed by atoms with van der Waals surface area (Å²) in [6.07, 6.45) is 0. The molecule has 150 valence electrons. The van der Waals surface area contributed by atoms with Crippen LogP contribution in [0.1, 0.15) is 15.9 Å². The lowest BCUT2D eigenvalue weighted by atomic mass is 10.1. The maximum Gasteiger partial charge on any atom is 0.261 e. The maximum atomic E-state index is 13.7. The Bertz CT molecular complexity index is 1120. The van der Waals surface area contributed by atoms with Crippen LogP contribution in [-0.4, -0.2) is 21.4 Å². The number of anilines is 2. The fraction of sp³-hybridized carbons (Fsp3) is 0.0952. The lowest BCUT2D eigenvalue weighted by molar-refractivity contribution is 0.102. The lowest BCUT2D eigenvalue weighted by Crippen LogP contribution is -2.16. The molecule has 0 radical (unpaired) electrons. The summed E-state index contributed by atoms with van der Waals surface area (Å²) in [7, 11) is -2.43. The van der Waals surface area contributed by atoms with Crippen molar-refractivity contribution in [3.8, 4) is 0 Å². The quantitative estimate of drug-likeness (QED) is 0.611. The SMILES string of the molecule is COCc1ccccc1NC(=O)c1ccc(S(=O)(=O)Nc2ccccc2F)cc1. The first-order valence-electron chi connectivity index (χ1n) is 8.66. The molecule has 29 heavy (non-hydrogen) atoms. The van der Waals surface area contributed by atoms with Crippen LogP contribution in [0.25, 0.3) is 0 Å². The highest BCUT2D eigenvalue weighted by Crippen LogP contribution is 2.20. The van der Waals surface area contributed by atoms with Crippen LogP contribution in [0.2, 0.25) is 0 Å². The Balaban J connectivity index is 1.76. The number of hydrogen-bond donors (Lipinski definition) is 2. The number of benzene rings is 3. The van der Waals surface area contributed by atoms with Gasteiger partial charge in [-0.2, -0.15) is 0 Å². The molecule has 2 N–H and O–H groups in total. The molecule has 8 heteroatoms. The van der Waals surface area contributed by atoms with Crippen molar-refractivity contribution in [1.82, 2.24) is 0 Å². The average Bonchev–Trinajstić information content (AvgIpc) is 2.71. The van der Waals surface area contributed by atoms with Gasteiger partial charge in [-0.15, -0.1) is 0 Å². The molecule has 0 bridgehead atoms. The van der Waals surface area contributed by atoms with E-state index in [1.807, 2.05) is 12.1 Å². The number of methoxy groups -OCH3 is 1. The molecule has 0 spiro atoms.